The van der Waals surface area contributed by atoms with Crippen LogP contribution in [0.15, 0.2) is 30.3 Å². The van der Waals surface area contributed by atoms with Crippen molar-refractivity contribution in [3.63, 3.8) is 0 Å². The molecule has 2 aromatic carbocycles. The SMILES string of the molecule is COc1cc(C)c(CSCC(=O)Nc2ccc3c(c2)NC(=O)[C@@H](C)O3)cc1OC. The minimum absolute atomic E-state index is 0.121. The number of carbonyl (C=O) groups is 2. The van der Waals surface area contributed by atoms with Crippen LogP contribution in [0.3, 0.4) is 0 Å². The number of carbonyl (C=O) groups excluding carboxylic acids is 2. The maximum Gasteiger partial charge on any atom is 0.265 e. The van der Waals surface area contributed by atoms with Gasteiger partial charge in [-0.2, -0.15) is 0 Å². The van der Waals surface area contributed by atoms with Gasteiger partial charge in [0.05, 0.1) is 25.7 Å². The maximum absolute atomic E-state index is 12.3. The maximum atomic E-state index is 12.3. The van der Waals surface area contributed by atoms with Gasteiger partial charge in [-0.3, -0.25) is 9.59 Å². The zero-order valence-electron chi connectivity index (χ0n) is 16.8. The first-order chi connectivity index (χ1) is 13.9. The van der Waals surface area contributed by atoms with Gasteiger partial charge in [-0.25, -0.2) is 0 Å². The lowest BCUT2D eigenvalue weighted by Gasteiger charge is -2.23. The van der Waals surface area contributed by atoms with E-state index in [1.54, 1.807) is 39.3 Å². The van der Waals surface area contributed by atoms with Crippen molar-refractivity contribution in [1.82, 2.24) is 0 Å². The third kappa shape index (κ3) is 4.95. The van der Waals surface area contributed by atoms with Crippen molar-refractivity contribution in [2.75, 3.05) is 30.6 Å². The van der Waals surface area contributed by atoms with E-state index in [-0.39, 0.29) is 11.8 Å². The lowest BCUT2D eigenvalue weighted by Crippen LogP contribution is -2.34. The molecule has 1 aliphatic rings. The van der Waals surface area contributed by atoms with Crippen molar-refractivity contribution >= 4 is 35.0 Å². The molecule has 2 N–H and O–H groups in total. The quantitative estimate of drug-likeness (QED) is 0.717. The summed E-state index contributed by atoms with van der Waals surface area (Å²) in [5, 5.41) is 5.62. The number of thioether (sulfide) groups is 1. The number of amides is 2. The van der Waals surface area contributed by atoms with Gasteiger partial charge in [-0.05, 0) is 55.3 Å². The summed E-state index contributed by atoms with van der Waals surface area (Å²) in [5.74, 6) is 2.59. The van der Waals surface area contributed by atoms with E-state index in [0.29, 0.717) is 40.1 Å². The van der Waals surface area contributed by atoms with Gasteiger partial charge < -0.3 is 24.8 Å². The average molecular weight is 416 g/mol. The summed E-state index contributed by atoms with van der Waals surface area (Å²) < 4.78 is 16.2. The molecule has 0 aromatic heterocycles. The fourth-order valence-corrected chi connectivity index (χ4v) is 3.81. The van der Waals surface area contributed by atoms with Crippen LogP contribution < -0.4 is 24.8 Å². The highest BCUT2D eigenvalue weighted by molar-refractivity contribution is 7.99. The molecule has 0 saturated heterocycles. The highest BCUT2D eigenvalue weighted by Crippen LogP contribution is 2.33. The van der Waals surface area contributed by atoms with Crippen LogP contribution in [0.25, 0.3) is 0 Å². The number of nitrogens with one attached hydrogen (secondary N) is 2. The molecule has 3 rings (SSSR count). The fourth-order valence-electron chi connectivity index (χ4n) is 2.92. The van der Waals surface area contributed by atoms with Crippen molar-refractivity contribution in [2.24, 2.45) is 0 Å². The van der Waals surface area contributed by atoms with E-state index in [4.69, 9.17) is 14.2 Å². The number of methoxy groups -OCH3 is 2. The summed E-state index contributed by atoms with van der Waals surface area (Å²) in [6.45, 7) is 3.69. The Labute approximate surface area is 174 Å². The van der Waals surface area contributed by atoms with Gasteiger partial charge in [-0.15, -0.1) is 11.8 Å². The summed E-state index contributed by atoms with van der Waals surface area (Å²) in [6, 6.07) is 9.05. The molecule has 0 bridgehead atoms. The van der Waals surface area contributed by atoms with Crippen molar-refractivity contribution in [3.05, 3.63) is 41.5 Å². The Morgan fingerprint density at radius 1 is 1.21 bits per heavy atom. The summed E-state index contributed by atoms with van der Waals surface area (Å²) in [5.41, 5.74) is 3.33. The van der Waals surface area contributed by atoms with Gasteiger partial charge in [0.2, 0.25) is 5.91 Å². The van der Waals surface area contributed by atoms with Gasteiger partial charge in [0.15, 0.2) is 17.6 Å². The summed E-state index contributed by atoms with van der Waals surface area (Å²) >= 11 is 1.51. The average Bonchev–Trinajstić information content (AvgIpc) is 2.70. The number of rotatable bonds is 7. The van der Waals surface area contributed by atoms with Gasteiger partial charge in [0.25, 0.3) is 5.91 Å². The van der Waals surface area contributed by atoms with Crippen LogP contribution in [-0.2, 0) is 15.3 Å². The number of anilines is 2. The third-order valence-corrected chi connectivity index (χ3v) is 5.51. The van der Waals surface area contributed by atoms with Crippen LogP contribution >= 0.6 is 11.8 Å². The lowest BCUT2D eigenvalue weighted by molar-refractivity contribution is -0.122. The Kier molecular flexibility index (Phi) is 6.53. The van der Waals surface area contributed by atoms with Gasteiger partial charge in [0.1, 0.15) is 5.75 Å². The van der Waals surface area contributed by atoms with Gasteiger partial charge >= 0.3 is 0 Å². The second kappa shape index (κ2) is 9.09. The van der Waals surface area contributed by atoms with Crippen LogP contribution in [0.1, 0.15) is 18.1 Å². The van der Waals surface area contributed by atoms with Crippen molar-refractivity contribution in [3.8, 4) is 17.2 Å². The second-order valence-corrected chi connectivity index (χ2v) is 7.62. The molecular weight excluding hydrogens is 392 g/mol. The molecule has 0 saturated carbocycles. The molecule has 1 heterocycles. The first-order valence-electron chi connectivity index (χ1n) is 9.12. The molecule has 29 heavy (non-hydrogen) atoms. The standard InChI is InChI=1S/C21H24N2O5S/c1-12-7-18(26-3)19(27-4)8-14(12)10-29-11-20(24)22-15-5-6-17-16(9-15)23-21(25)13(2)28-17/h5-9,13H,10-11H2,1-4H3,(H,22,24)(H,23,25)/t13-/m1/s1. The Balaban J connectivity index is 1.56. The van der Waals surface area contributed by atoms with E-state index in [2.05, 4.69) is 10.6 Å². The summed E-state index contributed by atoms with van der Waals surface area (Å²) in [6.07, 6.45) is -0.528. The van der Waals surface area contributed by atoms with Gasteiger partial charge in [0, 0.05) is 11.4 Å². The number of hydrogen-bond acceptors (Lipinski definition) is 6. The Morgan fingerprint density at radius 3 is 2.66 bits per heavy atom. The first kappa shape index (κ1) is 20.9. The molecule has 0 aliphatic carbocycles. The Morgan fingerprint density at radius 2 is 1.93 bits per heavy atom. The van der Waals surface area contributed by atoms with E-state index in [1.165, 1.54) is 11.8 Å². The molecule has 154 valence electrons. The molecule has 0 unspecified atom stereocenters. The highest BCUT2D eigenvalue weighted by Gasteiger charge is 2.23. The number of ether oxygens (including phenoxy) is 3. The number of fused-ring (bicyclic) bond motifs is 1. The van der Waals surface area contributed by atoms with Crippen LogP contribution in [0.5, 0.6) is 17.2 Å². The van der Waals surface area contributed by atoms with Crippen LogP contribution in [0.4, 0.5) is 11.4 Å². The smallest absolute Gasteiger partial charge is 0.265 e. The third-order valence-electron chi connectivity index (χ3n) is 4.53. The number of hydrogen-bond donors (Lipinski definition) is 2. The minimum atomic E-state index is -0.528. The molecular formula is C21H24N2O5S. The van der Waals surface area contributed by atoms with Crippen molar-refractivity contribution < 1.29 is 23.8 Å². The molecule has 2 aromatic rings. The fraction of sp³-hybridized carbons (Fsp3) is 0.333. The van der Waals surface area contributed by atoms with Crippen LogP contribution in [0.2, 0.25) is 0 Å². The number of benzene rings is 2. The second-order valence-electron chi connectivity index (χ2n) is 6.63. The normalized spacial score (nSPS) is 15.0. The van der Waals surface area contributed by atoms with E-state index >= 15 is 0 Å². The summed E-state index contributed by atoms with van der Waals surface area (Å²) in [4.78, 5) is 24.0. The molecule has 0 spiro atoms. The van der Waals surface area contributed by atoms with Gasteiger partial charge in [-0.1, -0.05) is 0 Å². The van der Waals surface area contributed by atoms with E-state index < -0.39 is 6.10 Å². The zero-order chi connectivity index (χ0) is 21.0. The zero-order valence-corrected chi connectivity index (χ0v) is 17.6. The lowest BCUT2D eigenvalue weighted by atomic mass is 10.1. The van der Waals surface area contributed by atoms with E-state index in [9.17, 15) is 9.59 Å². The highest BCUT2D eigenvalue weighted by atomic mass is 32.2. The Hall–Kier alpha value is -2.87. The predicted molar refractivity (Wildman–Crippen MR) is 114 cm³/mol. The molecule has 8 heteroatoms. The first-order valence-corrected chi connectivity index (χ1v) is 10.3. The molecule has 2 amide bonds. The van der Waals surface area contributed by atoms with Crippen LogP contribution in [0, 0.1) is 6.92 Å². The largest absolute Gasteiger partial charge is 0.493 e. The van der Waals surface area contributed by atoms with E-state index in [0.717, 1.165) is 11.1 Å². The number of aryl methyl sites for hydroxylation is 1. The topological polar surface area (TPSA) is 85.9 Å². The molecule has 1 aliphatic heterocycles. The van der Waals surface area contributed by atoms with Crippen molar-refractivity contribution in [1.29, 1.82) is 0 Å². The monoisotopic (exact) mass is 416 g/mol. The Bertz CT molecular complexity index is 932. The minimum Gasteiger partial charge on any atom is -0.493 e. The molecule has 7 nitrogen and oxygen atoms in total. The molecule has 0 fully saturated rings. The van der Waals surface area contributed by atoms with Crippen LogP contribution in [-0.4, -0.2) is 37.9 Å². The predicted octanol–water partition coefficient (Wildman–Crippen LogP) is 3.60. The molecule has 0 radical (unpaired) electrons. The van der Waals surface area contributed by atoms with E-state index in [1.807, 2.05) is 19.1 Å². The summed E-state index contributed by atoms with van der Waals surface area (Å²) in [7, 11) is 3.21. The molecule has 1 atom stereocenters. The van der Waals surface area contributed by atoms with Crippen molar-refractivity contribution in [2.45, 2.75) is 25.7 Å².